The van der Waals surface area contributed by atoms with E-state index >= 15 is 0 Å². The van der Waals surface area contributed by atoms with Crippen LogP contribution < -0.4 is 0 Å². The number of rotatable bonds is 1. The molecule has 2 saturated heterocycles. The third kappa shape index (κ3) is 1.17. The number of piperidine rings is 1. The molecule has 0 aromatic carbocycles. The van der Waals surface area contributed by atoms with Crippen molar-refractivity contribution in [3.05, 3.63) is 0 Å². The first-order valence-electron chi connectivity index (χ1n) is 5.09. The Balaban J connectivity index is 2.27. The normalized spacial score (nSPS) is 42.5. The van der Waals surface area contributed by atoms with Crippen LogP contribution in [0.15, 0.2) is 0 Å². The second kappa shape index (κ2) is 3.21. The van der Waals surface area contributed by atoms with Gasteiger partial charge in [0.15, 0.2) is 0 Å². The second-order valence-electron chi connectivity index (χ2n) is 4.42. The van der Waals surface area contributed by atoms with Gasteiger partial charge in [-0.15, -0.1) is 0 Å². The molecule has 3 atom stereocenters. The molecular weight excluding hydrogens is 182 g/mol. The zero-order chi connectivity index (χ0) is 10.3. The number of esters is 1. The van der Waals surface area contributed by atoms with Crippen LogP contribution in [0.2, 0.25) is 0 Å². The highest BCUT2D eigenvalue weighted by Crippen LogP contribution is 2.43. The van der Waals surface area contributed by atoms with E-state index in [0.29, 0.717) is 12.5 Å². The Morgan fingerprint density at radius 1 is 1.64 bits per heavy atom. The summed E-state index contributed by atoms with van der Waals surface area (Å²) in [6.07, 6.45) is 2.76. The molecular formula is C10H17NO3. The smallest absolute Gasteiger partial charge is 0.326 e. The van der Waals surface area contributed by atoms with Gasteiger partial charge >= 0.3 is 5.97 Å². The number of hydrogen-bond donors (Lipinski definition) is 1. The minimum Gasteiger partial charge on any atom is -0.468 e. The lowest BCUT2D eigenvalue weighted by atomic mass is 9.87. The molecule has 14 heavy (non-hydrogen) atoms. The maximum atomic E-state index is 11.7. The number of carbonyl (C=O) groups is 1. The molecule has 0 aromatic heterocycles. The van der Waals surface area contributed by atoms with Crippen molar-refractivity contribution in [2.75, 3.05) is 14.2 Å². The second-order valence-corrected chi connectivity index (χ2v) is 4.42. The van der Waals surface area contributed by atoms with Gasteiger partial charge in [0.1, 0.15) is 5.54 Å². The Morgan fingerprint density at radius 2 is 2.36 bits per heavy atom. The lowest BCUT2D eigenvalue weighted by Gasteiger charge is -2.42. The summed E-state index contributed by atoms with van der Waals surface area (Å²) in [5.74, 6) is -0.193. The number of fused-ring (bicyclic) bond motifs is 2. The molecule has 0 aliphatic carbocycles. The molecule has 2 rings (SSSR count). The highest BCUT2D eigenvalue weighted by atomic mass is 16.5. The molecule has 3 unspecified atom stereocenters. The van der Waals surface area contributed by atoms with Crippen molar-refractivity contribution < 1.29 is 14.6 Å². The van der Waals surface area contributed by atoms with Crippen LogP contribution in [0.4, 0.5) is 0 Å². The summed E-state index contributed by atoms with van der Waals surface area (Å²) in [7, 11) is 3.37. The minimum absolute atomic E-state index is 0.193. The van der Waals surface area contributed by atoms with Crippen molar-refractivity contribution >= 4 is 5.97 Å². The van der Waals surface area contributed by atoms with Crippen molar-refractivity contribution in [3.63, 3.8) is 0 Å². The van der Waals surface area contributed by atoms with Crippen molar-refractivity contribution in [3.8, 4) is 0 Å². The van der Waals surface area contributed by atoms with Crippen molar-refractivity contribution in [2.45, 2.75) is 43.4 Å². The third-order valence-corrected chi connectivity index (χ3v) is 3.80. The van der Waals surface area contributed by atoms with Crippen LogP contribution in [-0.4, -0.2) is 47.8 Å². The van der Waals surface area contributed by atoms with Gasteiger partial charge in [-0.05, 0) is 26.3 Å². The molecule has 2 aliphatic rings. The number of nitrogens with zero attached hydrogens (tertiary/aromatic N) is 1. The summed E-state index contributed by atoms with van der Waals surface area (Å²) in [6.45, 7) is 0. The predicted octanol–water partition coefficient (Wildman–Crippen LogP) is 0.147. The van der Waals surface area contributed by atoms with Crippen LogP contribution in [-0.2, 0) is 9.53 Å². The first-order valence-corrected chi connectivity index (χ1v) is 5.09. The molecule has 2 heterocycles. The molecule has 0 amide bonds. The summed E-state index contributed by atoms with van der Waals surface area (Å²) in [6, 6.07) is 0.345. The molecule has 2 aliphatic heterocycles. The van der Waals surface area contributed by atoms with Crippen LogP contribution in [0.3, 0.4) is 0 Å². The number of ether oxygens (including phenoxy) is 1. The molecule has 4 heteroatoms. The Kier molecular flexibility index (Phi) is 2.27. The van der Waals surface area contributed by atoms with E-state index in [4.69, 9.17) is 4.74 Å². The number of methoxy groups -OCH3 is 1. The molecule has 2 fully saturated rings. The van der Waals surface area contributed by atoms with Gasteiger partial charge in [-0.1, -0.05) is 0 Å². The molecule has 0 spiro atoms. The Bertz CT molecular complexity index is 256. The van der Waals surface area contributed by atoms with Gasteiger partial charge in [-0.2, -0.15) is 0 Å². The monoisotopic (exact) mass is 199 g/mol. The average molecular weight is 199 g/mol. The highest BCUT2D eigenvalue weighted by Gasteiger charge is 2.55. The number of aliphatic hydroxyl groups excluding tert-OH is 1. The van der Waals surface area contributed by atoms with Crippen molar-refractivity contribution in [2.24, 2.45) is 0 Å². The predicted molar refractivity (Wildman–Crippen MR) is 50.8 cm³/mol. The van der Waals surface area contributed by atoms with Gasteiger partial charge in [-0.3, -0.25) is 9.69 Å². The first kappa shape index (κ1) is 9.93. The maximum absolute atomic E-state index is 11.7. The van der Waals surface area contributed by atoms with E-state index in [9.17, 15) is 9.90 Å². The Labute approximate surface area is 83.8 Å². The summed E-state index contributed by atoms with van der Waals surface area (Å²) < 4.78 is 4.84. The Hall–Kier alpha value is -0.610. The van der Waals surface area contributed by atoms with Crippen molar-refractivity contribution in [1.82, 2.24) is 4.90 Å². The number of likely N-dealkylation sites (N-methyl/N-ethyl adjacent to an activating group) is 1. The van der Waals surface area contributed by atoms with Crippen LogP contribution in [0.5, 0.6) is 0 Å². The average Bonchev–Trinajstić information content (AvgIpc) is 2.39. The quantitative estimate of drug-likeness (QED) is 0.611. The minimum atomic E-state index is -0.545. The van der Waals surface area contributed by atoms with E-state index in [1.165, 1.54) is 7.11 Å². The fraction of sp³-hybridized carbons (Fsp3) is 0.900. The number of carbonyl (C=O) groups excluding carboxylic acids is 1. The summed E-state index contributed by atoms with van der Waals surface area (Å²) in [5.41, 5.74) is -0.545. The first-order chi connectivity index (χ1) is 6.60. The van der Waals surface area contributed by atoms with E-state index in [0.717, 1.165) is 19.3 Å². The largest absolute Gasteiger partial charge is 0.468 e. The lowest BCUT2D eigenvalue weighted by molar-refractivity contribution is -0.158. The van der Waals surface area contributed by atoms with Gasteiger partial charge in [0.2, 0.25) is 0 Å². The standard InChI is InChI=1S/C10H17NO3/c1-11-7-3-4-10(11,9(13)14-2)6-8(12)5-7/h7-8,12H,3-6H2,1-2H3. The number of hydrogen-bond acceptors (Lipinski definition) is 4. The van der Waals surface area contributed by atoms with Crippen LogP contribution in [0.1, 0.15) is 25.7 Å². The molecule has 80 valence electrons. The topological polar surface area (TPSA) is 49.8 Å². The van der Waals surface area contributed by atoms with Crippen molar-refractivity contribution in [1.29, 1.82) is 0 Å². The SMILES string of the molecule is COC(=O)C12CCC(CC(O)C1)N2C. The number of aliphatic hydroxyl groups is 1. The van der Waals surface area contributed by atoms with Crippen LogP contribution >= 0.6 is 0 Å². The summed E-state index contributed by atoms with van der Waals surface area (Å²) in [5, 5.41) is 9.68. The van der Waals surface area contributed by atoms with E-state index in [1.807, 2.05) is 7.05 Å². The van der Waals surface area contributed by atoms with Gasteiger partial charge in [0, 0.05) is 12.5 Å². The van der Waals surface area contributed by atoms with E-state index in [2.05, 4.69) is 4.90 Å². The molecule has 0 radical (unpaired) electrons. The molecule has 4 nitrogen and oxygen atoms in total. The third-order valence-electron chi connectivity index (χ3n) is 3.80. The van der Waals surface area contributed by atoms with Crippen LogP contribution in [0, 0.1) is 0 Å². The fourth-order valence-electron chi connectivity index (χ4n) is 2.95. The summed E-state index contributed by atoms with van der Waals surface area (Å²) >= 11 is 0. The zero-order valence-corrected chi connectivity index (χ0v) is 8.69. The van der Waals surface area contributed by atoms with Gasteiger partial charge in [0.05, 0.1) is 13.2 Å². The maximum Gasteiger partial charge on any atom is 0.326 e. The fourth-order valence-corrected chi connectivity index (χ4v) is 2.95. The highest BCUT2D eigenvalue weighted by molar-refractivity contribution is 5.81. The van der Waals surface area contributed by atoms with E-state index in [-0.39, 0.29) is 12.1 Å². The summed E-state index contributed by atoms with van der Waals surface area (Å²) in [4.78, 5) is 13.8. The molecule has 0 aromatic rings. The van der Waals surface area contributed by atoms with Crippen LogP contribution in [0.25, 0.3) is 0 Å². The zero-order valence-electron chi connectivity index (χ0n) is 8.69. The molecule has 1 N–H and O–H groups in total. The Morgan fingerprint density at radius 3 is 3.00 bits per heavy atom. The lowest BCUT2D eigenvalue weighted by Crippen LogP contribution is -2.57. The van der Waals surface area contributed by atoms with E-state index in [1.54, 1.807) is 0 Å². The molecule has 0 saturated carbocycles. The van der Waals surface area contributed by atoms with E-state index < -0.39 is 5.54 Å². The molecule has 2 bridgehead atoms. The van der Waals surface area contributed by atoms with Gasteiger partial charge in [0.25, 0.3) is 0 Å². The van der Waals surface area contributed by atoms with Gasteiger partial charge in [-0.25, -0.2) is 0 Å². The van der Waals surface area contributed by atoms with Gasteiger partial charge < -0.3 is 9.84 Å².